The third kappa shape index (κ3) is 3.09. The highest BCUT2D eigenvalue weighted by Crippen LogP contribution is 2.26. The summed E-state index contributed by atoms with van der Waals surface area (Å²) in [5.74, 6) is 0. The van der Waals surface area contributed by atoms with Crippen LogP contribution in [0, 0.1) is 0 Å². The fourth-order valence-corrected chi connectivity index (χ4v) is 2.16. The Balaban J connectivity index is 2.37. The maximum Gasteiger partial charge on any atom is 0.0412 e. The van der Waals surface area contributed by atoms with Crippen LogP contribution < -0.4 is 5.73 Å². The molecule has 88 valence electrons. The highest BCUT2D eigenvalue weighted by molar-refractivity contribution is 6.30. The van der Waals surface area contributed by atoms with Crippen molar-refractivity contribution >= 4 is 11.6 Å². The lowest BCUT2D eigenvalue weighted by atomic mass is 9.97. The molecule has 0 radical (unpaired) electrons. The molecule has 0 saturated heterocycles. The lowest BCUT2D eigenvalue weighted by Gasteiger charge is -2.09. The van der Waals surface area contributed by atoms with Gasteiger partial charge in [0.05, 0.1) is 0 Å². The molecule has 2 aromatic rings. The van der Waals surface area contributed by atoms with Crippen LogP contribution >= 0.6 is 11.6 Å². The molecule has 2 rings (SSSR count). The van der Waals surface area contributed by atoms with Gasteiger partial charge in [0.1, 0.15) is 0 Å². The highest BCUT2D eigenvalue weighted by Gasteiger charge is 2.04. The zero-order chi connectivity index (χ0) is 12.1. The third-order valence-corrected chi connectivity index (χ3v) is 3.04. The Morgan fingerprint density at radius 1 is 1.00 bits per heavy atom. The Morgan fingerprint density at radius 2 is 1.82 bits per heavy atom. The van der Waals surface area contributed by atoms with Gasteiger partial charge in [-0.15, -0.1) is 0 Å². The van der Waals surface area contributed by atoms with E-state index in [-0.39, 0.29) is 0 Å². The van der Waals surface area contributed by atoms with Crippen molar-refractivity contribution in [3.63, 3.8) is 0 Å². The summed E-state index contributed by atoms with van der Waals surface area (Å²) in [6.07, 6.45) is 2.02. The first-order chi connectivity index (χ1) is 8.31. The first-order valence-electron chi connectivity index (χ1n) is 5.85. The molecule has 1 nitrogen and oxygen atoms in total. The summed E-state index contributed by atoms with van der Waals surface area (Å²) in [5.41, 5.74) is 9.33. The van der Waals surface area contributed by atoms with E-state index in [2.05, 4.69) is 30.3 Å². The topological polar surface area (TPSA) is 26.0 Å². The van der Waals surface area contributed by atoms with Crippen molar-refractivity contribution < 1.29 is 0 Å². The second-order valence-corrected chi connectivity index (χ2v) is 4.50. The Bertz CT molecular complexity index is 494. The second-order valence-electron chi connectivity index (χ2n) is 4.06. The van der Waals surface area contributed by atoms with Gasteiger partial charge in [-0.2, -0.15) is 0 Å². The van der Waals surface area contributed by atoms with Gasteiger partial charge in [0, 0.05) is 5.02 Å². The minimum atomic E-state index is 0.726. The van der Waals surface area contributed by atoms with Gasteiger partial charge in [0.15, 0.2) is 0 Å². The Hall–Kier alpha value is -1.31. The smallest absolute Gasteiger partial charge is 0.0412 e. The summed E-state index contributed by atoms with van der Waals surface area (Å²) in [7, 11) is 0. The fraction of sp³-hybridized carbons (Fsp3) is 0.200. The van der Waals surface area contributed by atoms with E-state index in [0.29, 0.717) is 0 Å². The molecule has 0 atom stereocenters. The minimum Gasteiger partial charge on any atom is -0.330 e. The molecule has 0 aliphatic carbocycles. The molecular weight excluding hydrogens is 230 g/mol. The molecule has 0 amide bonds. The number of halogens is 1. The van der Waals surface area contributed by atoms with Crippen LogP contribution in [0.3, 0.4) is 0 Å². The molecule has 17 heavy (non-hydrogen) atoms. The average molecular weight is 246 g/mol. The fourth-order valence-electron chi connectivity index (χ4n) is 1.97. The monoisotopic (exact) mass is 245 g/mol. The summed E-state index contributed by atoms with van der Waals surface area (Å²) >= 11 is 6.03. The zero-order valence-electron chi connectivity index (χ0n) is 9.70. The third-order valence-electron chi connectivity index (χ3n) is 2.80. The Morgan fingerprint density at radius 3 is 2.59 bits per heavy atom. The lowest BCUT2D eigenvalue weighted by Crippen LogP contribution is -2.01. The largest absolute Gasteiger partial charge is 0.330 e. The molecular formula is C15H16ClN. The molecule has 0 fully saturated rings. The molecule has 0 heterocycles. The van der Waals surface area contributed by atoms with Crippen LogP contribution in [0.1, 0.15) is 12.0 Å². The Labute approximate surface area is 107 Å². The number of benzene rings is 2. The predicted octanol–water partition coefficient (Wildman–Crippen LogP) is 3.90. The maximum absolute atomic E-state index is 6.03. The van der Waals surface area contributed by atoms with E-state index in [1.807, 2.05) is 18.2 Å². The van der Waals surface area contributed by atoms with Gasteiger partial charge in [-0.3, -0.25) is 0 Å². The molecule has 0 bridgehead atoms. The predicted molar refractivity (Wildman–Crippen MR) is 74.3 cm³/mol. The molecule has 0 unspecified atom stereocenters. The number of aryl methyl sites for hydroxylation is 1. The van der Waals surface area contributed by atoms with Crippen molar-refractivity contribution in [1.82, 2.24) is 0 Å². The average Bonchev–Trinajstić information content (AvgIpc) is 2.37. The number of nitrogens with two attached hydrogens (primary N) is 1. The van der Waals surface area contributed by atoms with Crippen molar-refractivity contribution in [3.8, 4) is 11.1 Å². The van der Waals surface area contributed by atoms with Gasteiger partial charge in [-0.05, 0) is 48.2 Å². The SMILES string of the molecule is NCCCc1ccccc1-c1cccc(Cl)c1. The quantitative estimate of drug-likeness (QED) is 0.869. The normalized spacial score (nSPS) is 10.5. The standard InChI is InChI=1S/C15H16ClN/c16-14-8-3-6-13(11-14)15-9-2-1-5-12(15)7-4-10-17/h1-3,5-6,8-9,11H,4,7,10,17H2. The van der Waals surface area contributed by atoms with Crippen LogP contribution in [0.25, 0.3) is 11.1 Å². The minimum absolute atomic E-state index is 0.726. The van der Waals surface area contributed by atoms with E-state index < -0.39 is 0 Å². The van der Waals surface area contributed by atoms with Gasteiger partial charge in [-0.1, -0.05) is 48.0 Å². The zero-order valence-corrected chi connectivity index (χ0v) is 10.5. The lowest BCUT2D eigenvalue weighted by molar-refractivity contribution is 0.834. The van der Waals surface area contributed by atoms with E-state index in [1.54, 1.807) is 0 Å². The molecule has 2 aromatic carbocycles. The van der Waals surface area contributed by atoms with Crippen molar-refractivity contribution in [2.24, 2.45) is 5.73 Å². The Kier molecular flexibility index (Phi) is 4.18. The molecule has 0 aromatic heterocycles. The van der Waals surface area contributed by atoms with Crippen molar-refractivity contribution in [2.45, 2.75) is 12.8 Å². The second kappa shape index (κ2) is 5.85. The molecule has 2 heteroatoms. The van der Waals surface area contributed by atoms with Crippen LogP contribution in [0.2, 0.25) is 5.02 Å². The van der Waals surface area contributed by atoms with Crippen LogP contribution in [0.5, 0.6) is 0 Å². The first kappa shape index (κ1) is 12.2. The van der Waals surface area contributed by atoms with Gasteiger partial charge >= 0.3 is 0 Å². The summed E-state index contributed by atoms with van der Waals surface area (Å²) in [6, 6.07) is 16.4. The molecule has 0 saturated carbocycles. The molecule has 0 aliphatic heterocycles. The van der Waals surface area contributed by atoms with E-state index in [4.69, 9.17) is 17.3 Å². The molecule has 0 aliphatic rings. The first-order valence-corrected chi connectivity index (χ1v) is 6.23. The summed E-state index contributed by atoms with van der Waals surface area (Å²) < 4.78 is 0. The summed E-state index contributed by atoms with van der Waals surface area (Å²) in [4.78, 5) is 0. The van der Waals surface area contributed by atoms with Gasteiger partial charge in [0.2, 0.25) is 0 Å². The van der Waals surface area contributed by atoms with Crippen molar-refractivity contribution in [1.29, 1.82) is 0 Å². The van der Waals surface area contributed by atoms with Crippen molar-refractivity contribution in [2.75, 3.05) is 6.54 Å². The van der Waals surface area contributed by atoms with Crippen LogP contribution in [0.4, 0.5) is 0 Å². The number of rotatable bonds is 4. The van der Waals surface area contributed by atoms with Crippen LogP contribution in [-0.4, -0.2) is 6.54 Å². The summed E-state index contributed by atoms with van der Waals surface area (Å²) in [5, 5.41) is 0.774. The molecule has 2 N–H and O–H groups in total. The summed E-state index contributed by atoms with van der Waals surface area (Å²) in [6.45, 7) is 0.726. The highest BCUT2D eigenvalue weighted by atomic mass is 35.5. The van der Waals surface area contributed by atoms with Gasteiger partial charge < -0.3 is 5.73 Å². The molecule has 0 spiro atoms. The van der Waals surface area contributed by atoms with Gasteiger partial charge in [0.25, 0.3) is 0 Å². The van der Waals surface area contributed by atoms with Crippen molar-refractivity contribution in [3.05, 3.63) is 59.1 Å². The maximum atomic E-state index is 6.03. The van der Waals surface area contributed by atoms with E-state index >= 15 is 0 Å². The number of hydrogen-bond acceptors (Lipinski definition) is 1. The van der Waals surface area contributed by atoms with Crippen LogP contribution in [-0.2, 0) is 6.42 Å². The number of hydrogen-bond donors (Lipinski definition) is 1. The van der Waals surface area contributed by atoms with E-state index in [1.165, 1.54) is 16.7 Å². The van der Waals surface area contributed by atoms with Crippen LogP contribution in [0.15, 0.2) is 48.5 Å². The van der Waals surface area contributed by atoms with E-state index in [9.17, 15) is 0 Å². The van der Waals surface area contributed by atoms with Gasteiger partial charge in [-0.25, -0.2) is 0 Å². The van der Waals surface area contributed by atoms with E-state index in [0.717, 1.165) is 24.4 Å².